The fourth-order valence-electron chi connectivity index (χ4n) is 2.11. The summed E-state index contributed by atoms with van der Waals surface area (Å²) in [5.41, 5.74) is 4.11. The number of hydrogen-bond donors (Lipinski definition) is 2. The number of benzene rings is 1. The maximum atomic E-state index is 11.9. The minimum absolute atomic E-state index is 0.0205. The van der Waals surface area contributed by atoms with E-state index < -0.39 is 0 Å². The average molecular weight is 281 g/mol. The molecule has 21 heavy (non-hydrogen) atoms. The fourth-order valence-corrected chi connectivity index (χ4v) is 2.11. The quantitative estimate of drug-likeness (QED) is 0.886. The molecular formula is C17H19N3O. The van der Waals surface area contributed by atoms with Gasteiger partial charge in [0.15, 0.2) is 0 Å². The van der Waals surface area contributed by atoms with Crippen LogP contribution in [-0.2, 0) is 6.54 Å². The van der Waals surface area contributed by atoms with Gasteiger partial charge >= 0.3 is 0 Å². The van der Waals surface area contributed by atoms with Crippen LogP contribution in [0.2, 0.25) is 0 Å². The highest BCUT2D eigenvalue weighted by atomic mass is 16.1. The van der Waals surface area contributed by atoms with Gasteiger partial charge in [-0.2, -0.15) is 0 Å². The fraction of sp³-hybridized carbons (Fsp3) is 0.294. The molecule has 1 amide bonds. The predicted octanol–water partition coefficient (Wildman–Crippen LogP) is 2.89. The Morgan fingerprint density at radius 3 is 2.67 bits per heavy atom. The number of carbonyl (C=O) groups excluding carboxylic acids is 1. The molecule has 0 bridgehead atoms. The first-order valence-electron chi connectivity index (χ1n) is 7.26. The zero-order valence-electron chi connectivity index (χ0n) is 12.1. The van der Waals surface area contributed by atoms with Gasteiger partial charge in [0, 0.05) is 36.2 Å². The lowest BCUT2D eigenvalue weighted by Crippen LogP contribution is -2.25. The third-order valence-electron chi connectivity index (χ3n) is 3.69. The van der Waals surface area contributed by atoms with Gasteiger partial charge in [0.25, 0.3) is 5.91 Å². The molecule has 108 valence electrons. The molecule has 1 aliphatic carbocycles. The summed E-state index contributed by atoms with van der Waals surface area (Å²) in [5, 5.41) is 6.34. The first-order chi connectivity index (χ1) is 10.2. The van der Waals surface area contributed by atoms with Crippen LogP contribution >= 0.6 is 0 Å². The Labute approximate surface area is 124 Å². The zero-order chi connectivity index (χ0) is 14.7. The topological polar surface area (TPSA) is 54.0 Å². The Kier molecular flexibility index (Phi) is 3.86. The molecule has 1 heterocycles. The van der Waals surface area contributed by atoms with Crippen molar-refractivity contribution in [1.82, 2.24) is 10.3 Å². The zero-order valence-corrected chi connectivity index (χ0v) is 12.1. The Morgan fingerprint density at radius 1 is 1.24 bits per heavy atom. The van der Waals surface area contributed by atoms with Crippen LogP contribution in [0.3, 0.4) is 0 Å². The van der Waals surface area contributed by atoms with Crippen molar-refractivity contribution >= 4 is 11.6 Å². The van der Waals surface area contributed by atoms with Crippen LogP contribution in [0.1, 0.15) is 34.3 Å². The molecule has 3 rings (SSSR count). The number of aromatic nitrogens is 1. The lowest BCUT2D eigenvalue weighted by molar-refractivity contribution is 0.0951. The molecule has 0 radical (unpaired) electrons. The van der Waals surface area contributed by atoms with Crippen LogP contribution in [0, 0.1) is 6.92 Å². The van der Waals surface area contributed by atoms with E-state index in [0.29, 0.717) is 11.6 Å². The van der Waals surface area contributed by atoms with Gasteiger partial charge in [-0.15, -0.1) is 0 Å². The molecule has 0 saturated heterocycles. The monoisotopic (exact) mass is 281 g/mol. The van der Waals surface area contributed by atoms with Gasteiger partial charge in [-0.3, -0.25) is 9.78 Å². The van der Waals surface area contributed by atoms with Crippen molar-refractivity contribution in [2.75, 3.05) is 5.32 Å². The lowest BCUT2D eigenvalue weighted by Gasteiger charge is -2.09. The minimum Gasteiger partial charge on any atom is -0.381 e. The molecule has 1 aromatic heterocycles. The minimum atomic E-state index is 0.0205. The van der Waals surface area contributed by atoms with Crippen molar-refractivity contribution in [3.63, 3.8) is 0 Å². The summed E-state index contributed by atoms with van der Waals surface area (Å²) in [6.45, 7) is 2.80. The smallest absolute Gasteiger partial charge is 0.251 e. The van der Waals surface area contributed by atoms with Crippen LogP contribution < -0.4 is 10.6 Å². The van der Waals surface area contributed by atoms with Crippen molar-refractivity contribution in [1.29, 1.82) is 0 Å². The number of nitrogens with one attached hydrogen (secondary N) is 2. The van der Waals surface area contributed by atoms with Crippen LogP contribution in [-0.4, -0.2) is 16.9 Å². The highest BCUT2D eigenvalue weighted by Gasteiger charge is 2.23. The number of rotatable bonds is 5. The van der Waals surface area contributed by atoms with Crippen molar-refractivity contribution in [3.05, 3.63) is 59.4 Å². The van der Waals surface area contributed by atoms with E-state index in [0.717, 1.165) is 25.1 Å². The van der Waals surface area contributed by atoms with E-state index in [9.17, 15) is 4.79 Å². The Hall–Kier alpha value is -2.36. The van der Waals surface area contributed by atoms with E-state index in [1.54, 1.807) is 6.20 Å². The summed E-state index contributed by atoms with van der Waals surface area (Å²) in [4.78, 5) is 16.0. The van der Waals surface area contributed by atoms with Crippen molar-refractivity contribution in [3.8, 4) is 0 Å². The number of aryl methyl sites for hydroxylation is 1. The molecule has 4 nitrogen and oxygen atoms in total. The van der Waals surface area contributed by atoms with E-state index >= 15 is 0 Å². The first-order valence-corrected chi connectivity index (χ1v) is 7.26. The Morgan fingerprint density at radius 2 is 2.00 bits per heavy atom. The average Bonchev–Trinajstić information content (AvgIpc) is 3.31. The second kappa shape index (κ2) is 5.95. The molecule has 2 aromatic rings. The summed E-state index contributed by atoms with van der Waals surface area (Å²) >= 11 is 0. The summed E-state index contributed by atoms with van der Waals surface area (Å²) in [7, 11) is 0. The Bertz CT molecular complexity index is 633. The maximum Gasteiger partial charge on any atom is 0.251 e. The van der Waals surface area contributed by atoms with Gasteiger partial charge in [0.05, 0.1) is 0 Å². The molecule has 0 unspecified atom stereocenters. The predicted molar refractivity (Wildman–Crippen MR) is 83.2 cm³/mol. The third-order valence-corrected chi connectivity index (χ3v) is 3.69. The third kappa shape index (κ3) is 3.60. The van der Waals surface area contributed by atoms with Gasteiger partial charge in [0.1, 0.15) is 0 Å². The van der Waals surface area contributed by atoms with Crippen LogP contribution in [0.5, 0.6) is 0 Å². The van der Waals surface area contributed by atoms with E-state index in [2.05, 4.69) is 22.5 Å². The number of amides is 1. The molecule has 0 atom stereocenters. The van der Waals surface area contributed by atoms with E-state index in [-0.39, 0.29) is 5.91 Å². The van der Waals surface area contributed by atoms with Crippen LogP contribution in [0.25, 0.3) is 0 Å². The first kappa shape index (κ1) is 13.6. The standard InChI is InChI=1S/C17H19N3O/c1-12-8-9-18-10-14(12)11-19-15-4-2-13(3-5-15)17(21)20-16-6-7-16/h2-5,8-10,16,19H,6-7,11H2,1H3,(H,20,21). The highest BCUT2D eigenvalue weighted by Crippen LogP contribution is 2.20. The summed E-state index contributed by atoms with van der Waals surface area (Å²) in [6, 6.07) is 9.99. The maximum absolute atomic E-state index is 11.9. The van der Waals surface area contributed by atoms with E-state index in [4.69, 9.17) is 0 Å². The van der Waals surface area contributed by atoms with Gasteiger partial charge in [-0.1, -0.05) is 0 Å². The van der Waals surface area contributed by atoms with Crippen molar-refractivity contribution in [2.45, 2.75) is 32.4 Å². The van der Waals surface area contributed by atoms with Gasteiger partial charge in [-0.05, 0) is 61.2 Å². The van der Waals surface area contributed by atoms with Crippen molar-refractivity contribution in [2.24, 2.45) is 0 Å². The van der Waals surface area contributed by atoms with Crippen LogP contribution in [0.4, 0.5) is 5.69 Å². The normalized spacial score (nSPS) is 13.8. The Balaban J connectivity index is 1.59. The molecule has 2 N–H and O–H groups in total. The van der Waals surface area contributed by atoms with E-state index in [1.165, 1.54) is 11.1 Å². The summed E-state index contributed by atoms with van der Waals surface area (Å²) in [6.07, 6.45) is 5.89. The molecule has 1 aromatic carbocycles. The second-order valence-electron chi connectivity index (χ2n) is 5.48. The lowest BCUT2D eigenvalue weighted by atomic mass is 10.1. The summed E-state index contributed by atoms with van der Waals surface area (Å²) in [5.74, 6) is 0.0205. The second-order valence-corrected chi connectivity index (χ2v) is 5.48. The number of nitrogens with zero attached hydrogens (tertiary/aromatic N) is 1. The number of hydrogen-bond acceptors (Lipinski definition) is 3. The SMILES string of the molecule is Cc1ccncc1CNc1ccc(C(=O)NC2CC2)cc1. The van der Waals surface area contributed by atoms with Gasteiger partial charge < -0.3 is 10.6 Å². The van der Waals surface area contributed by atoms with Gasteiger partial charge in [0.2, 0.25) is 0 Å². The molecule has 0 aliphatic heterocycles. The van der Waals surface area contributed by atoms with Gasteiger partial charge in [-0.25, -0.2) is 0 Å². The van der Waals surface area contributed by atoms with Crippen LogP contribution in [0.15, 0.2) is 42.7 Å². The number of anilines is 1. The summed E-state index contributed by atoms with van der Waals surface area (Å²) < 4.78 is 0. The number of carbonyl (C=O) groups is 1. The highest BCUT2D eigenvalue weighted by molar-refractivity contribution is 5.94. The molecule has 1 saturated carbocycles. The molecule has 1 fully saturated rings. The largest absolute Gasteiger partial charge is 0.381 e. The number of pyridine rings is 1. The van der Waals surface area contributed by atoms with E-state index in [1.807, 2.05) is 36.5 Å². The molecular weight excluding hydrogens is 262 g/mol. The molecule has 4 heteroatoms. The van der Waals surface area contributed by atoms with Crippen molar-refractivity contribution < 1.29 is 4.79 Å². The molecule has 1 aliphatic rings. The molecule has 0 spiro atoms.